The van der Waals surface area contributed by atoms with Crippen LogP contribution in [0.5, 0.6) is 0 Å². The molecule has 0 aromatic carbocycles. The van der Waals surface area contributed by atoms with Crippen LogP contribution >= 0.6 is 0 Å². The van der Waals surface area contributed by atoms with Crippen molar-refractivity contribution in [3.63, 3.8) is 0 Å². The molecular weight excluding hydrogens is 174 g/mol. The van der Waals surface area contributed by atoms with Gasteiger partial charge in [-0.15, -0.1) is 5.10 Å². The van der Waals surface area contributed by atoms with E-state index < -0.39 is 11.8 Å². The molecule has 1 aromatic heterocycles. The van der Waals surface area contributed by atoms with Gasteiger partial charge in [-0.3, -0.25) is 9.59 Å². The zero-order valence-electron chi connectivity index (χ0n) is 7.02. The highest BCUT2D eigenvalue weighted by Crippen LogP contribution is 2.01. The minimum atomic E-state index is -0.673. The maximum Gasteiger partial charge on any atom is 0.271 e. The van der Waals surface area contributed by atoms with Crippen LogP contribution in [-0.2, 0) is 11.3 Å². The van der Waals surface area contributed by atoms with E-state index in [1.165, 1.54) is 4.68 Å². The van der Waals surface area contributed by atoms with E-state index in [0.29, 0.717) is 5.69 Å². The van der Waals surface area contributed by atoms with Crippen molar-refractivity contribution in [3.8, 4) is 0 Å². The van der Waals surface area contributed by atoms with Gasteiger partial charge >= 0.3 is 0 Å². The summed E-state index contributed by atoms with van der Waals surface area (Å²) < 4.78 is 1.22. The largest absolute Gasteiger partial charge is 0.368 e. The van der Waals surface area contributed by atoms with Crippen molar-refractivity contribution in [1.29, 1.82) is 0 Å². The Morgan fingerprint density at radius 1 is 1.46 bits per heavy atom. The Morgan fingerprint density at radius 2 is 2.08 bits per heavy atom. The Balaban J connectivity index is 2.99. The fraction of sp³-hybridized carbons (Fsp3) is 0.333. The second kappa shape index (κ2) is 3.21. The first-order chi connectivity index (χ1) is 6.02. The highest BCUT2D eigenvalue weighted by Gasteiger charge is 2.13. The van der Waals surface area contributed by atoms with Gasteiger partial charge in [0, 0.05) is 0 Å². The van der Waals surface area contributed by atoms with Gasteiger partial charge in [-0.25, -0.2) is 4.68 Å². The lowest BCUT2D eigenvalue weighted by Crippen LogP contribution is -2.21. The topological polar surface area (TPSA) is 117 Å². The molecule has 7 heteroatoms. The van der Waals surface area contributed by atoms with Crippen LogP contribution in [0.4, 0.5) is 0 Å². The van der Waals surface area contributed by atoms with Gasteiger partial charge in [0.05, 0.1) is 5.69 Å². The van der Waals surface area contributed by atoms with Gasteiger partial charge in [-0.2, -0.15) is 0 Å². The molecule has 13 heavy (non-hydrogen) atoms. The van der Waals surface area contributed by atoms with E-state index in [9.17, 15) is 9.59 Å². The predicted octanol–water partition coefficient (Wildman–Crippen LogP) is -1.83. The van der Waals surface area contributed by atoms with E-state index in [1.807, 2.05) is 0 Å². The molecule has 0 saturated heterocycles. The molecule has 70 valence electrons. The Morgan fingerprint density at radius 3 is 2.46 bits per heavy atom. The van der Waals surface area contributed by atoms with E-state index in [0.717, 1.165) is 0 Å². The van der Waals surface area contributed by atoms with Crippen molar-refractivity contribution in [3.05, 3.63) is 11.4 Å². The zero-order valence-corrected chi connectivity index (χ0v) is 7.02. The van der Waals surface area contributed by atoms with Crippen molar-refractivity contribution in [2.45, 2.75) is 13.5 Å². The van der Waals surface area contributed by atoms with Gasteiger partial charge in [-0.05, 0) is 6.92 Å². The van der Waals surface area contributed by atoms with Crippen LogP contribution < -0.4 is 11.5 Å². The normalized spacial score (nSPS) is 9.92. The van der Waals surface area contributed by atoms with E-state index in [2.05, 4.69) is 10.3 Å². The summed E-state index contributed by atoms with van der Waals surface area (Å²) in [5.74, 6) is -1.22. The van der Waals surface area contributed by atoms with Crippen LogP contribution in [0.1, 0.15) is 16.2 Å². The molecule has 0 spiro atoms. The summed E-state index contributed by atoms with van der Waals surface area (Å²) in [6.45, 7) is 1.48. The van der Waals surface area contributed by atoms with E-state index in [4.69, 9.17) is 11.5 Å². The van der Waals surface area contributed by atoms with Crippen molar-refractivity contribution in [1.82, 2.24) is 15.0 Å². The number of primary amides is 2. The standard InChI is InChI=1S/C6H9N5O2/c1-3-5(6(8)13)9-10-11(3)2-4(7)12/h2H2,1H3,(H2,7,12)(H2,8,13). The lowest BCUT2D eigenvalue weighted by atomic mass is 10.3. The molecule has 0 aliphatic heterocycles. The molecule has 0 aliphatic carbocycles. The van der Waals surface area contributed by atoms with Gasteiger partial charge < -0.3 is 11.5 Å². The van der Waals surface area contributed by atoms with Crippen LogP contribution in [0.25, 0.3) is 0 Å². The number of carbonyl (C=O) groups excluding carboxylic acids is 2. The predicted molar refractivity (Wildman–Crippen MR) is 42.5 cm³/mol. The Hall–Kier alpha value is -1.92. The Bertz CT molecular complexity index is 356. The zero-order chi connectivity index (χ0) is 10.0. The number of nitrogens with two attached hydrogens (primary N) is 2. The summed E-state index contributed by atoms with van der Waals surface area (Å²) in [4.78, 5) is 21.2. The summed E-state index contributed by atoms with van der Waals surface area (Å²) in [6, 6.07) is 0. The average molecular weight is 183 g/mol. The van der Waals surface area contributed by atoms with Crippen LogP contribution in [-0.4, -0.2) is 26.8 Å². The molecule has 0 atom stereocenters. The van der Waals surface area contributed by atoms with Gasteiger partial charge in [0.1, 0.15) is 6.54 Å². The fourth-order valence-electron chi connectivity index (χ4n) is 0.886. The minimum Gasteiger partial charge on any atom is -0.368 e. The molecule has 1 rings (SSSR count). The number of amides is 2. The fourth-order valence-corrected chi connectivity index (χ4v) is 0.886. The average Bonchev–Trinajstić information content (AvgIpc) is 2.32. The van der Waals surface area contributed by atoms with Gasteiger partial charge in [0.25, 0.3) is 5.91 Å². The summed E-state index contributed by atoms with van der Waals surface area (Å²) in [5.41, 5.74) is 10.4. The van der Waals surface area contributed by atoms with Gasteiger partial charge in [0.2, 0.25) is 5.91 Å². The lowest BCUT2D eigenvalue weighted by molar-refractivity contribution is -0.118. The first-order valence-corrected chi connectivity index (χ1v) is 3.50. The van der Waals surface area contributed by atoms with Crippen LogP contribution in [0.3, 0.4) is 0 Å². The van der Waals surface area contributed by atoms with E-state index >= 15 is 0 Å². The number of hydrogen-bond donors (Lipinski definition) is 2. The van der Waals surface area contributed by atoms with Gasteiger partial charge in [-0.1, -0.05) is 5.21 Å². The summed E-state index contributed by atoms with van der Waals surface area (Å²) in [7, 11) is 0. The van der Waals surface area contributed by atoms with Crippen LogP contribution in [0.2, 0.25) is 0 Å². The monoisotopic (exact) mass is 183 g/mol. The third kappa shape index (κ3) is 1.81. The number of aromatic nitrogens is 3. The smallest absolute Gasteiger partial charge is 0.271 e. The van der Waals surface area contributed by atoms with Gasteiger partial charge in [0.15, 0.2) is 5.69 Å². The molecule has 1 aromatic rings. The van der Waals surface area contributed by atoms with Crippen LogP contribution in [0.15, 0.2) is 0 Å². The summed E-state index contributed by atoms with van der Waals surface area (Å²) >= 11 is 0. The first-order valence-electron chi connectivity index (χ1n) is 3.50. The Kier molecular flexibility index (Phi) is 2.27. The molecule has 1 heterocycles. The maximum absolute atomic E-state index is 10.7. The first kappa shape index (κ1) is 9.17. The number of carbonyl (C=O) groups is 2. The second-order valence-electron chi connectivity index (χ2n) is 2.51. The second-order valence-corrected chi connectivity index (χ2v) is 2.51. The number of rotatable bonds is 3. The molecule has 0 saturated carbocycles. The third-order valence-electron chi connectivity index (χ3n) is 1.52. The SMILES string of the molecule is Cc1c(C(N)=O)nnn1CC(N)=O. The Labute approximate surface area is 73.7 Å². The highest BCUT2D eigenvalue weighted by molar-refractivity contribution is 5.91. The van der Waals surface area contributed by atoms with Crippen molar-refractivity contribution in [2.24, 2.45) is 11.5 Å². The molecule has 0 bridgehead atoms. The minimum absolute atomic E-state index is 0.0567. The summed E-state index contributed by atoms with van der Waals surface area (Å²) in [6.07, 6.45) is 0. The lowest BCUT2D eigenvalue weighted by Gasteiger charge is -1.97. The molecule has 7 nitrogen and oxygen atoms in total. The molecular formula is C6H9N5O2. The number of hydrogen-bond acceptors (Lipinski definition) is 4. The van der Waals surface area contributed by atoms with Crippen molar-refractivity contribution in [2.75, 3.05) is 0 Å². The molecule has 2 amide bonds. The number of nitrogens with zero attached hydrogens (tertiary/aromatic N) is 3. The molecule has 4 N–H and O–H groups in total. The molecule has 0 aliphatic rings. The maximum atomic E-state index is 10.7. The third-order valence-corrected chi connectivity index (χ3v) is 1.52. The molecule has 0 unspecified atom stereocenters. The molecule has 0 fully saturated rings. The van der Waals surface area contributed by atoms with Crippen LogP contribution in [0, 0.1) is 6.92 Å². The van der Waals surface area contributed by atoms with E-state index in [1.54, 1.807) is 6.92 Å². The van der Waals surface area contributed by atoms with E-state index in [-0.39, 0.29) is 12.2 Å². The quantitative estimate of drug-likeness (QED) is 0.573. The van der Waals surface area contributed by atoms with Crippen molar-refractivity contribution >= 4 is 11.8 Å². The highest BCUT2D eigenvalue weighted by atomic mass is 16.1. The summed E-state index contributed by atoms with van der Waals surface area (Å²) in [5, 5.41) is 7.04. The van der Waals surface area contributed by atoms with Crippen molar-refractivity contribution < 1.29 is 9.59 Å². The molecule has 0 radical (unpaired) electrons.